The Morgan fingerprint density at radius 2 is 1.29 bits per heavy atom. The van der Waals surface area contributed by atoms with Crippen LogP contribution < -0.4 is 11.5 Å². The number of esters is 2. The van der Waals surface area contributed by atoms with Gasteiger partial charge in [0.15, 0.2) is 0 Å². The van der Waals surface area contributed by atoms with Crippen LogP contribution in [0.5, 0.6) is 0 Å². The predicted molar refractivity (Wildman–Crippen MR) is 56.6 cm³/mol. The summed E-state index contributed by atoms with van der Waals surface area (Å²) < 4.78 is 9.40. The molecule has 0 atom stereocenters. The second-order valence-corrected chi connectivity index (χ2v) is 3.55. The Kier molecular flexibility index (Phi) is 7.39. The molecule has 0 aliphatic carbocycles. The maximum absolute atomic E-state index is 10.8. The highest BCUT2D eigenvalue weighted by Gasteiger charge is 2.32. The van der Waals surface area contributed by atoms with Crippen molar-refractivity contribution in [3.63, 3.8) is 0 Å². The van der Waals surface area contributed by atoms with Crippen LogP contribution in [-0.4, -0.2) is 61.7 Å². The van der Waals surface area contributed by atoms with Crippen molar-refractivity contribution in [1.82, 2.24) is 0 Å². The molecule has 0 aliphatic rings. The molecule has 6 N–H and O–H groups in total. The number of aliphatic hydroxyl groups is 2. The monoisotopic (exact) mass is 250 g/mol. The first kappa shape index (κ1) is 15.8. The summed E-state index contributed by atoms with van der Waals surface area (Å²) in [4.78, 5) is 21.7. The third kappa shape index (κ3) is 5.59. The van der Waals surface area contributed by atoms with Gasteiger partial charge in [-0.25, -0.2) is 0 Å². The molecular weight excluding hydrogens is 232 g/mol. The zero-order valence-electron chi connectivity index (χ0n) is 9.42. The van der Waals surface area contributed by atoms with Crippen molar-refractivity contribution >= 4 is 11.9 Å². The van der Waals surface area contributed by atoms with Gasteiger partial charge in [-0.3, -0.25) is 9.59 Å². The van der Waals surface area contributed by atoms with Crippen LogP contribution in [0.25, 0.3) is 0 Å². The van der Waals surface area contributed by atoms with Gasteiger partial charge < -0.3 is 31.2 Å². The average Bonchev–Trinajstić information content (AvgIpc) is 2.38. The smallest absolute Gasteiger partial charge is 0.319 e. The van der Waals surface area contributed by atoms with E-state index in [4.69, 9.17) is 31.2 Å². The molecule has 0 fully saturated rings. The third-order valence-corrected chi connectivity index (χ3v) is 2.08. The second kappa shape index (κ2) is 7.96. The van der Waals surface area contributed by atoms with E-state index in [9.17, 15) is 9.59 Å². The lowest BCUT2D eigenvalue weighted by atomic mass is 9.92. The van der Waals surface area contributed by atoms with Crippen LogP contribution in [0, 0.1) is 5.41 Å². The minimum atomic E-state index is -1.24. The lowest BCUT2D eigenvalue weighted by Gasteiger charge is -2.28. The number of rotatable bonds is 8. The highest BCUT2D eigenvalue weighted by Crippen LogP contribution is 2.17. The summed E-state index contributed by atoms with van der Waals surface area (Å²) in [5, 5.41) is 18.3. The van der Waals surface area contributed by atoms with E-state index in [-0.39, 0.29) is 26.3 Å². The van der Waals surface area contributed by atoms with E-state index in [2.05, 4.69) is 0 Å². The molecule has 8 heteroatoms. The number of carbonyl (C=O) groups excluding carboxylic acids is 2. The van der Waals surface area contributed by atoms with Crippen LogP contribution in [0.4, 0.5) is 0 Å². The quantitative estimate of drug-likeness (QED) is 0.333. The zero-order valence-corrected chi connectivity index (χ0v) is 9.42. The SMILES string of the molecule is NCC(=O)OCC(CO)(CO)COC(=O)CN. The summed E-state index contributed by atoms with van der Waals surface area (Å²) in [6, 6.07) is 0. The maximum Gasteiger partial charge on any atom is 0.319 e. The number of hydrogen-bond acceptors (Lipinski definition) is 8. The first-order valence-corrected chi connectivity index (χ1v) is 4.96. The van der Waals surface area contributed by atoms with Crippen molar-refractivity contribution in [2.45, 2.75) is 0 Å². The van der Waals surface area contributed by atoms with Crippen molar-refractivity contribution in [2.75, 3.05) is 39.5 Å². The van der Waals surface area contributed by atoms with Crippen molar-refractivity contribution in [2.24, 2.45) is 16.9 Å². The molecule has 0 amide bonds. The van der Waals surface area contributed by atoms with Gasteiger partial charge in [0.05, 0.1) is 31.7 Å². The standard InChI is InChI=1S/C9H18N2O6/c10-1-7(14)16-5-9(3-12,4-13)6-17-8(15)2-11/h12-13H,1-6,10-11H2. The highest BCUT2D eigenvalue weighted by molar-refractivity contribution is 5.71. The molecule has 0 radical (unpaired) electrons. The summed E-state index contributed by atoms with van der Waals surface area (Å²) in [5.74, 6) is -1.36. The van der Waals surface area contributed by atoms with E-state index in [1.807, 2.05) is 0 Å². The molecule has 0 aromatic carbocycles. The van der Waals surface area contributed by atoms with Gasteiger partial charge in [-0.2, -0.15) is 0 Å². The predicted octanol–water partition coefficient (Wildman–Crippen LogP) is -3.04. The second-order valence-electron chi connectivity index (χ2n) is 3.55. The molecule has 0 aromatic heterocycles. The fourth-order valence-electron chi connectivity index (χ4n) is 0.859. The summed E-state index contributed by atoms with van der Waals surface area (Å²) in [6.07, 6.45) is 0. The van der Waals surface area contributed by atoms with E-state index in [1.165, 1.54) is 0 Å². The normalized spacial score (nSPS) is 11.1. The number of carbonyl (C=O) groups is 2. The Balaban J connectivity index is 4.34. The Morgan fingerprint density at radius 3 is 1.53 bits per heavy atom. The molecule has 100 valence electrons. The Bertz CT molecular complexity index is 232. The number of aliphatic hydroxyl groups excluding tert-OH is 2. The molecule has 0 aromatic rings. The van der Waals surface area contributed by atoms with Crippen molar-refractivity contribution in [3.05, 3.63) is 0 Å². The maximum atomic E-state index is 10.8. The summed E-state index contributed by atoms with van der Waals surface area (Å²) in [5.41, 5.74) is 8.81. The molecule has 0 unspecified atom stereocenters. The largest absolute Gasteiger partial charge is 0.464 e. The summed E-state index contributed by atoms with van der Waals surface area (Å²) in [6.45, 7) is -2.24. The number of hydrogen-bond donors (Lipinski definition) is 4. The Morgan fingerprint density at radius 1 is 0.941 bits per heavy atom. The first-order chi connectivity index (χ1) is 8.03. The molecule has 0 spiro atoms. The minimum absolute atomic E-state index is 0.298. The Hall–Kier alpha value is -1.22. The summed E-state index contributed by atoms with van der Waals surface area (Å²) >= 11 is 0. The van der Waals surface area contributed by atoms with Crippen molar-refractivity contribution < 1.29 is 29.3 Å². The van der Waals surface area contributed by atoms with Gasteiger partial charge in [-0.1, -0.05) is 0 Å². The van der Waals surface area contributed by atoms with Crippen LogP contribution in [0.2, 0.25) is 0 Å². The van der Waals surface area contributed by atoms with Gasteiger partial charge in [-0.05, 0) is 0 Å². The van der Waals surface area contributed by atoms with Crippen LogP contribution in [-0.2, 0) is 19.1 Å². The molecular formula is C9H18N2O6. The van der Waals surface area contributed by atoms with Crippen LogP contribution >= 0.6 is 0 Å². The molecule has 8 nitrogen and oxygen atoms in total. The average molecular weight is 250 g/mol. The summed E-state index contributed by atoms with van der Waals surface area (Å²) in [7, 11) is 0. The van der Waals surface area contributed by atoms with Gasteiger partial charge in [0, 0.05) is 0 Å². The highest BCUT2D eigenvalue weighted by atomic mass is 16.6. The lowest BCUT2D eigenvalue weighted by molar-refractivity contribution is -0.157. The third-order valence-electron chi connectivity index (χ3n) is 2.08. The molecule has 0 saturated carbocycles. The molecule has 0 rings (SSSR count). The van der Waals surface area contributed by atoms with Crippen LogP contribution in [0.3, 0.4) is 0 Å². The van der Waals surface area contributed by atoms with Crippen LogP contribution in [0.1, 0.15) is 0 Å². The van der Waals surface area contributed by atoms with Gasteiger partial charge >= 0.3 is 11.9 Å². The van der Waals surface area contributed by atoms with Crippen LogP contribution in [0.15, 0.2) is 0 Å². The first-order valence-electron chi connectivity index (χ1n) is 4.96. The van der Waals surface area contributed by atoms with E-state index in [0.717, 1.165) is 0 Å². The van der Waals surface area contributed by atoms with E-state index < -0.39 is 30.6 Å². The van der Waals surface area contributed by atoms with Gasteiger partial charge in [0.2, 0.25) is 0 Å². The minimum Gasteiger partial charge on any atom is -0.464 e. The van der Waals surface area contributed by atoms with Gasteiger partial charge in [0.25, 0.3) is 0 Å². The van der Waals surface area contributed by atoms with E-state index in [0.29, 0.717) is 0 Å². The van der Waals surface area contributed by atoms with Gasteiger partial charge in [0.1, 0.15) is 13.2 Å². The van der Waals surface area contributed by atoms with Gasteiger partial charge in [-0.15, -0.1) is 0 Å². The van der Waals surface area contributed by atoms with E-state index >= 15 is 0 Å². The number of ether oxygens (including phenoxy) is 2. The molecule has 17 heavy (non-hydrogen) atoms. The lowest BCUT2D eigenvalue weighted by Crippen LogP contribution is -2.42. The molecule has 0 heterocycles. The molecule has 0 saturated heterocycles. The Labute approximate surface area is 98.5 Å². The van der Waals surface area contributed by atoms with Crippen molar-refractivity contribution in [1.29, 1.82) is 0 Å². The fourth-order valence-corrected chi connectivity index (χ4v) is 0.859. The zero-order chi connectivity index (χ0) is 13.3. The fraction of sp³-hybridized carbons (Fsp3) is 0.778. The number of nitrogens with two attached hydrogens (primary N) is 2. The van der Waals surface area contributed by atoms with E-state index in [1.54, 1.807) is 0 Å². The molecule has 0 bridgehead atoms. The molecule has 0 aliphatic heterocycles. The van der Waals surface area contributed by atoms with Crippen molar-refractivity contribution in [3.8, 4) is 0 Å². The topological polar surface area (TPSA) is 145 Å².